The van der Waals surface area contributed by atoms with Crippen molar-refractivity contribution in [1.82, 2.24) is 15.0 Å². The van der Waals surface area contributed by atoms with Gasteiger partial charge < -0.3 is 9.47 Å². The van der Waals surface area contributed by atoms with E-state index in [0.717, 1.165) is 23.9 Å². The molecule has 158 valence electrons. The molecule has 0 fully saturated rings. The maximum Gasteiger partial charge on any atom is 0.388 e. The first-order chi connectivity index (χ1) is 14.5. The van der Waals surface area contributed by atoms with Crippen LogP contribution in [0, 0.1) is 5.82 Å². The van der Waals surface area contributed by atoms with Crippen molar-refractivity contribution in [2.24, 2.45) is 0 Å². The quantitative estimate of drug-likeness (QED) is 0.478. The van der Waals surface area contributed by atoms with Gasteiger partial charge in [-0.05, 0) is 48.2 Å². The molecular weight excluding hydrogens is 395 g/mol. The van der Waals surface area contributed by atoms with E-state index in [-0.39, 0.29) is 5.88 Å². The van der Waals surface area contributed by atoms with Crippen LogP contribution < -0.4 is 9.47 Å². The molecule has 3 rings (SSSR count). The van der Waals surface area contributed by atoms with Crippen LogP contribution in [-0.4, -0.2) is 28.2 Å². The van der Waals surface area contributed by atoms with Crippen LogP contribution >= 0.6 is 0 Å². The van der Waals surface area contributed by atoms with E-state index < -0.39 is 12.4 Å². The third kappa shape index (κ3) is 5.46. The molecule has 0 saturated carbocycles. The molecule has 0 bridgehead atoms. The summed E-state index contributed by atoms with van der Waals surface area (Å²) in [6.07, 6.45) is 6.16. The molecule has 0 saturated heterocycles. The van der Waals surface area contributed by atoms with E-state index in [1.807, 2.05) is 19.9 Å². The zero-order chi connectivity index (χ0) is 21.5. The Bertz CT molecular complexity index is 999. The molecule has 0 aliphatic heterocycles. The minimum atomic E-state index is -2.97. The summed E-state index contributed by atoms with van der Waals surface area (Å²) in [5.74, 6) is -0.207. The molecule has 0 atom stereocenters. The highest BCUT2D eigenvalue weighted by Gasteiger charge is 2.16. The van der Waals surface area contributed by atoms with Crippen molar-refractivity contribution >= 4 is 0 Å². The molecule has 0 aliphatic carbocycles. The van der Waals surface area contributed by atoms with Crippen molar-refractivity contribution < 1.29 is 22.6 Å². The smallest absolute Gasteiger partial charge is 0.388 e. The largest absolute Gasteiger partial charge is 0.478 e. The summed E-state index contributed by atoms with van der Waals surface area (Å²) in [5, 5.41) is 0. The summed E-state index contributed by atoms with van der Waals surface area (Å²) in [6, 6.07) is 6.42. The van der Waals surface area contributed by atoms with Gasteiger partial charge >= 0.3 is 6.61 Å². The topological polar surface area (TPSA) is 57.1 Å². The first-order valence-electron chi connectivity index (χ1n) is 9.66. The molecule has 0 aliphatic rings. The Hall–Kier alpha value is -3.16. The van der Waals surface area contributed by atoms with Crippen molar-refractivity contribution in [3.05, 3.63) is 65.5 Å². The fourth-order valence-corrected chi connectivity index (χ4v) is 3.14. The fraction of sp³-hybridized carbons (Fsp3) is 0.318. The Kier molecular flexibility index (Phi) is 7.21. The molecule has 0 aromatic carbocycles. The monoisotopic (exact) mass is 417 g/mol. The number of hydrogen-bond donors (Lipinski definition) is 0. The molecule has 30 heavy (non-hydrogen) atoms. The Morgan fingerprint density at radius 1 is 1.10 bits per heavy atom. The average Bonchev–Trinajstić information content (AvgIpc) is 2.70. The van der Waals surface area contributed by atoms with Crippen LogP contribution in [-0.2, 0) is 12.8 Å². The van der Waals surface area contributed by atoms with E-state index in [4.69, 9.17) is 9.72 Å². The molecule has 3 aromatic heterocycles. The van der Waals surface area contributed by atoms with Gasteiger partial charge in [0.05, 0.1) is 12.8 Å². The molecule has 0 unspecified atom stereocenters. The lowest BCUT2D eigenvalue weighted by Crippen LogP contribution is -2.06. The Morgan fingerprint density at radius 3 is 2.63 bits per heavy atom. The summed E-state index contributed by atoms with van der Waals surface area (Å²) >= 11 is 0. The van der Waals surface area contributed by atoms with Gasteiger partial charge in [-0.3, -0.25) is 4.98 Å². The maximum atomic E-state index is 13.6. The van der Waals surface area contributed by atoms with Crippen LogP contribution in [0.25, 0.3) is 11.1 Å². The van der Waals surface area contributed by atoms with E-state index in [1.54, 1.807) is 12.3 Å². The van der Waals surface area contributed by atoms with Gasteiger partial charge in [-0.25, -0.2) is 14.4 Å². The van der Waals surface area contributed by atoms with E-state index in [9.17, 15) is 13.2 Å². The molecule has 3 heterocycles. The van der Waals surface area contributed by atoms with Crippen LogP contribution in [0.1, 0.15) is 37.1 Å². The highest BCUT2D eigenvalue weighted by Crippen LogP contribution is 2.33. The summed E-state index contributed by atoms with van der Waals surface area (Å²) in [6.45, 7) is 1.31. The van der Waals surface area contributed by atoms with Crippen LogP contribution in [0.4, 0.5) is 13.2 Å². The summed E-state index contributed by atoms with van der Waals surface area (Å²) < 4.78 is 48.9. The highest BCUT2D eigenvalue weighted by molar-refractivity contribution is 5.70. The first-order valence-corrected chi connectivity index (χ1v) is 9.66. The number of alkyl halides is 2. The summed E-state index contributed by atoms with van der Waals surface area (Å²) in [7, 11) is 0. The Balaban J connectivity index is 2.08. The third-order valence-corrected chi connectivity index (χ3v) is 4.34. The summed E-state index contributed by atoms with van der Waals surface area (Å²) in [5.41, 5.74) is 3.64. The number of aromatic nitrogens is 3. The van der Waals surface area contributed by atoms with Crippen molar-refractivity contribution in [3.63, 3.8) is 0 Å². The van der Waals surface area contributed by atoms with E-state index >= 15 is 0 Å². The van der Waals surface area contributed by atoms with Gasteiger partial charge in [0.2, 0.25) is 11.8 Å². The molecule has 8 heteroatoms. The minimum Gasteiger partial charge on any atom is -0.478 e. The third-order valence-electron chi connectivity index (χ3n) is 4.34. The molecule has 0 N–H and O–H groups in total. The zero-order valence-electron chi connectivity index (χ0n) is 16.7. The van der Waals surface area contributed by atoms with Crippen LogP contribution in [0.5, 0.6) is 11.8 Å². The second-order valence-electron chi connectivity index (χ2n) is 6.58. The van der Waals surface area contributed by atoms with Crippen LogP contribution in [0.3, 0.4) is 0 Å². The molecule has 3 aromatic rings. The van der Waals surface area contributed by atoms with E-state index in [0.29, 0.717) is 42.0 Å². The molecule has 0 radical (unpaired) electrons. The second kappa shape index (κ2) is 10.0. The van der Waals surface area contributed by atoms with Crippen LogP contribution in [0.2, 0.25) is 0 Å². The number of halogens is 3. The van der Waals surface area contributed by atoms with Crippen molar-refractivity contribution in [1.29, 1.82) is 0 Å². The average molecular weight is 417 g/mol. The highest BCUT2D eigenvalue weighted by atomic mass is 19.3. The second-order valence-corrected chi connectivity index (χ2v) is 6.58. The van der Waals surface area contributed by atoms with Gasteiger partial charge in [0.25, 0.3) is 0 Å². The number of pyridine rings is 3. The number of aryl methyl sites for hydroxylation is 1. The molecular formula is C22H22F3N3O2. The first kappa shape index (κ1) is 21.5. The molecule has 5 nitrogen and oxygen atoms in total. The maximum absolute atomic E-state index is 13.6. The number of nitrogens with zero attached hydrogens (tertiary/aromatic N) is 3. The van der Waals surface area contributed by atoms with E-state index in [2.05, 4.69) is 14.7 Å². The Labute approximate surface area is 172 Å². The van der Waals surface area contributed by atoms with Crippen molar-refractivity contribution in [2.45, 2.75) is 39.7 Å². The molecule has 0 spiro atoms. The van der Waals surface area contributed by atoms with Crippen LogP contribution in [0.15, 0.2) is 42.9 Å². The lowest BCUT2D eigenvalue weighted by molar-refractivity contribution is -0.0528. The van der Waals surface area contributed by atoms with Gasteiger partial charge in [0.15, 0.2) is 0 Å². The lowest BCUT2D eigenvalue weighted by atomic mass is 9.98. The number of rotatable bonds is 9. The van der Waals surface area contributed by atoms with E-state index in [1.165, 1.54) is 18.3 Å². The van der Waals surface area contributed by atoms with Gasteiger partial charge in [-0.2, -0.15) is 8.78 Å². The molecule has 0 amide bonds. The SMILES string of the molecule is CCCc1nc(OCC)c(-c2ccnc(OC(F)F)c2)cc1Cc1cncc(F)c1. The normalized spacial score (nSPS) is 11.0. The number of ether oxygens (including phenoxy) is 2. The van der Waals surface area contributed by atoms with Gasteiger partial charge in [0.1, 0.15) is 5.82 Å². The lowest BCUT2D eigenvalue weighted by Gasteiger charge is -2.16. The van der Waals surface area contributed by atoms with Crippen molar-refractivity contribution in [3.8, 4) is 22.9 Å². The van der Waals surface area contributed by atoms with Gasteiger partial charge in [-0.1, -0.05) is 13.3 Å². The van der Waals surface area contributed by atoms with Crippen molar-refractivity contribution in [2.75, 3.05) is 6.61 Å². The van der Waals surface area contributed by atoms with Gasteiger partial charge in [-0.15, -0.1) is 0 Å². The summed E-state index contributed by atoms with van der Waals surface area (Å²) in [4.78, 5) is 12.4. The Morgan fingerprint density at radius 2 is 1.93 bits per heavy atom. The van der Waals surface area contributed by atoms with Gasteiger partial charge in [0, 0.05) is 36.1 Å². The minimum absolute atomic E-state index is 0.196. The predicted molar refractivity (Wildman–Crippen MR) is 106 cm³/mol. The predicted octanol–water partition coefficient (Wildman–Crippen LogP) is 5.22. The number of hydrogen-bond acceptors (Lipinski definition) is 5. The zero-order valence-corrected chi connectivity index (χ0v) is 16.7. The standard InChI is InChI=1S/C22H22F3N3O2/c1-3-5-19-16(8-14-9-17(23)13-26-12-14)10-18(21(28-19)29-4-2)15-6-7-27-20(11-15)30-22(24)25/h6-7,9-13,22H,3-5,8H2,1-2H3. The fourth-order valence-electron chi connectivity index (χ4n) is 3.14.